The molecular formula is C29H23ClN2O4S. The molecule has 0 N–H and O–H groups in total. The van der Waals surface area contributed by atoms with Crippen LogP contribution in [0.15, 0.2) is 99.9 Å². The molecular weight excluding hydrogens is 508 g/mol. The van der Waals surface area contributed by atoms with Crippen LogP contribution in [-0.2, 0) is 16.1 Å². The highest BCUT2D eigenvalue weighted by Crippen LogP contribution is 2.30. The Kier molecular flexibility index (Phi) is 7.08. The van der Waals surface area contributed by atoms with Crippen LogP contribution in [0.25, 0.3) is 6.08 Å². The zero-order chi connectivity index (χ0) is 25.9. The topological polar surface area (TPSA) is 69.9 Å². The van der Waals surface area contributed by atoms with Gasteiger partial charge in [0.1, 0.15) is 12.4 Å². The summed E-state index contributed by atoms with van der Waals surface area (Å²) in [4.78, 5) is 31.4. The molecule has 2 heterocycles. The van der Waals surface area contributed by atoms with Crippen molar-refractivity contribution in [3.05, 3.63) is 132 Å². The van der Waals surface area contributed by atoms with Gasteiger partial charge in [0, 0.05) is 10.6 Å². The smallest absolute Gasteiger partial charge is 0.338 e. The maximum atomic E-state index is 13.6. The Morgan fingerprint density at radius 2 is 1.76 bits per heavy atom. The molecule has 8 heteroatoms. The largest absolute Gasteiger partial charge is 0.489 e. The minimum Gasteiger partial charge on any atom is -0.489 e. The van der Waals surface area contributed by atoms with E-state index in [4.69, 9.17) is 21.1 Å². The van der Waals surface area contributed by atoms with Crippen LogP contribution in [0.2, 0.25) is 5.02 Å². The van der Waals surface area contributed by atoms with Crippen LogP contribution in [0.4, 0.5) is 0 Å². The van der Waals surface area contributed by atoms with Gasteiger partial charge in [-0.05, 0) is 42.3 Å². The molecule has 0 saturated carbocycles. The standard InChI is InChI=1S/C29H23ClN2O4S/c1-18-25(28(34)35-2)26(20-8-4-3-5-9-20)32-27(33)24(37-29(32)31-18)16-19-12-14-22(15-13-19)36-17-21-10-6-7-11-23(21)30/h3-16,26H,17H2,1-2H3/b24-16-/t26-/m1/s1. The molecule has 0 unspecified atom stereocenters. The molecule has 6 nitrogen and oxygen atoms in total. The molecule has 5 rings (SSSR count). The van der Waals surface area contributed by atoms with Crippen molar-refractivity contribution in [2.24, 2.45) is 4.99 Å². The van der Waals surface area contributed by atoms with Gasteiger partial charge in [-0.1, -0.05) is 83.6 Å². The molecule has 4 aromatic rings. The molecule has 1 atom stereocenters. The van der Waals surface area contributed by atoms with Crippen LogP contribution in [0.5, 0.6) is 5.75 Å². The van der Waals surface area contributed by atoms with Crippen LogP contribution < -0.4 is 19.6 Å². The number of hydrogen-bond donors (Lipinski definition) is 0. The Balaban J connectivity index is 1.49. The van der Waals surface area contributed by atoms with Gasteiger partial charge in [-0.2, -0.15) is 0 Å². The van der Waals surface area contributed by atoms with Gasteiger partial charge in [0.25, 0.3) is 5.56 Å². The lowest BCUT2D eigenvalue weighted by molar-refractivity contribution is -0.136. The van der Waals surface area contributed by atoms with Crippen LogP contribution in [-0.4, -0.2) is 17.6 Å². The summed E-state index contributed by atoms with van der Waals surface area (Å²) in [5.41, 5.74) is 3.23. The maximum absolute atomic E-state index is 13.6. The first kappa shape index (κ1) is 24.7. The number of allylic oxidation sites excluding steroid dienone is 1. The van der Waals surface area contributed by atoms with Gasteiger partial charge in [0.2, 0.25) is 0 Å². The van der Waals surface area contributed by atoms with E-state index in [0.717, 1.165) is 16.7 Å². The zero-order valence-electron chi connectivity index (χ0n) is 20.2. The molecule has 1 aliphatic rings. The maximum Gasteiger partial charge on any atom is 0.338 e. The fraction of sp³-hybridized carbons (Fsp3) is 0.138. The van der Waals surface area contributed by atoms with Gasteiger partial charge in [0.15, 0.2) is 4.80 Å². The van der Waals surface area contributed by atoms with E-state index in [1.807, 2.05) is 84.9 Å². The Hall–Kier alpha value is -3.94. The van der Waals surface area contributed by atoms with Crippen molar-refractivity contribution >= 4 is 35.0 Å². The summed E-state index contributed by atoms with van der Waals surface area (Å²) in [5, 5.41) is 0.661. The molecule has 3 aromatic carbocycles. The number of aromatic nitrogens is 1. The van der Waals surface area contributed by atoms with Crippen molar-refractivity contribution in [2.75, 3.05) is 7.11 Å². The van der Waals surface area contributed by atoms with E-state index in [1.165, 1.54) is 18.4 Å². The SMILES string of the molecule is COC(=O)C1=C(C)N=c2s/c(=C\c3ccc(OCc4ccccc4Cl)cc3)c(=O)n2[C@@H]1c1ccccc1. The fourth-order valence-electron chi connectivity index (χ4n) is 4.23. The molecule has 37 heavy (non-hydrogen) atoms. The molecule has 1 aromatic heterocycles. The second-order valence-corrected chi connectivity index (χ2v) is 9.85. The average molecular weight is 531 g/mol. The lowest BCUT2D eigenvalue weighted by Gasteiger charge is -2.24. The lowest BCUT2D eigenvalue weighted by atomic mass is 9.96. The second kappa shape index (κ2) is 10.6. The summed E-state index contributed by atoms with van der Waals surface area (Å²) in [6.45, 7) is 2.12. The summed E-state index contributed by atoms with van der Waals surface area (Å²) >= 11 is 7.49. The fourth-order valence-corrected chi connectivity index (χ4v) is 5.47. The summed E-state index contributed by atoms with van der Waals surface area (Å²) in [7, 11) is 1.33. The number of esters is 1. The number of benzene rings is 3. The van der Waals surface area contributed by atoms with Gasteiger partial charge in [-0.3, -0.25) is 9.36 Å². The van der Waals surface area contributed by atoms with E-state index in [1.54, 1.807) is 11.5 Å². The van der Waals surface area contributed by atoms with Gasteiger partial charge >= 0.3 is 5.97 Å². The molecule has 0 spiro atoms. The van der Waals surface area contributed by atoms with Crippen LogP contribution in [0.3, 0.4) is 0 Å². The number of methoxy groups -OCH3 is 1. The molecule has 0 radical (unpaired) electrons. The third kappa shape index (κ3) is 5.01. The van der Waals surface area contributed by atoms with E-state index >= 15 is 0 Å². The number of ether oxygens (including phenoxy) is 2. The predicted molar refractivity (Wildman–Crippen MR) is 144 cm³/mol. The van der Waals surface area contributed by atoms with Gasteiger partial charge < -0.3 is 9.47 Å². The molecule has 1 aliphatic heterocycles. The Bertz CT molecular complexity index is 1670. The van der Waals surface area contributed by atoms with Gasteiger partial charge in [0.05, 0.1) is 29.0 Å². The Morgan fingerprint density at radius 3 is 2.46 bits per heavy atom. The number of hydrogen-bond acceptors (Lipinski definition) is 6. The molecule has 186 valence electrons. The quantitative estimate of drug-likeness (QED) is 0.341. The number of fused-ring (bicyclic) bond motifs is 1. The second-order valence-electron chi connectivity index (χ2n) is 8.43. The number of carbonyl (C=O) groups excluding carboxylic acids is 1. The summed E-state index contributed by atoms with van der Waals surface area (Å²) in [6, 6.07) is 23.9. The van der Waals surface area contributed by atoms with Crippen LogP contribution in [0.1, 0.15) is 29.7 Å². The molecule has 0 fully saturated rings. The van der Waals surface area contributed by atoms with E-state index in [9.17, 15) is 9.59 Å². The van der Waals surface area contributed by atoms with Crippen LogP contribution in [0, 0.1) is 0 Å². The van der Waals surface area contributed by atoms with Crippen LogP contribution >= 0.6 is 22.9 Å². The van der Waals surface area contributed by atoms with Gasteiger partial charge in [-0.25, -0.2) is 9.79 Å². The first-order valence-electron chi connectivity index (χ1n) is 11.6. The normalized spacial score (nSPS) is 15.2. The van der Waals surface area contributed by atoms with Crippen molar-refractivity contribution in [3.63, 3.8) is 0 Å². The van der Waals surface area contributed by atoms with E-state index in [-0.39, 0.29) is 5.56 Å². The first-order valence-corrected chi connectivity index (χ1v) is 12.8. The lowest BCUT2D eigenvalue weighted by Crippen LogP contribution is -2.39. The molecule has 0 saturated heterocycles. The van der Waals surface area contributed by atoms with E-state index < -0.39 is 12.0 Å². The summed E-state index contributed by atoms with van der Waals surface area (Å²) < 4.78 is 13.0. The monoisotopic (exact) mass is 530 g/mol. The van der Waals surface area contributed by atoms with E-state index in [0.29, 0.717) is 38.0 Å². The summed E-state index contributed by atoms with van der Waals surface area (Å²) in [6.07, 6.45) is 1.82. The highest BCUT2D eigenvalue weighted by atomic mass is 35.5. The summed E-state index contributed by atoms with van der Waals surface area (Å²) in [5.74, 6) is 0.192. The minimum absolute atomic E-state index is 0.217. The first-order chi connectivity index (χ1) is 18.0. The van der Waals surface area contributed by atoms with Crippen molar-refractivity contribution < 1.29 is 14.3 Å². The molecule has 0 bridgehead atoms. The third-order valence-electron chi connectivity index (χ3n) is 6.07. The Labute approximate surface area is 222 Å². The minimum atomic E-state index is -0.618. The number of halogens is 1. The molecule has 0 aliphatic carbocycles. The number of carbonyl (C=O) groups is 1. The van der Waals surface area contributed by atoms with Crippen molar-refractivity contribution in [2.45, 2.75) is 19.6 Å². The molecule has 0 amide bonds. The highest BCUT2D eigenvalue weighted by molar-refractivity contribution is 7.07. The highest BCUT2D eigenvalue weighted by Gasteiger charge is 2.32. The number of nitrogens with zero attached hydrogens (tertiary/aromatic N) is 2. The van der Waals surface area contributed by atoms with Gasteiger partial charge in [-0.15, -0.1) is 0 Å². The average Bonchev–Trinajstić information content (AvgIpc) is 3.22. The van der Waals surface area contributed by atoms with E-state index in [2.05, 4.69) is 4.99 Å². The zero-order valence-corrected chi connectivity index (χ0v) is 21.8. The van der Waals surface area contributed by atoms with Crippen molar-refractivity contribution in [1.29, 1.82) is 0 Å². The predicted octanol–water partition coefficient (Wildman–Crippen LogP) is 4.64. The number of thiazole rings is 1. The van der Waals surface area contributed by atoms with Crippen molar-refractivity contribution in [1.82, 2.24) is 4.57 Å². The Morgan fingerprint density at radius 1 is 1.05 bits per heavy atom. The number of rotatable bonds is 6. The van der Waals surface area contributed by atoms with Crippen molar-refractivity contribution in [3.8, 4) is 5.75 Å². The third-order valence-corrected chi connectivity index (χ3v) is 7.42.